The lowest BCUT2D eigenvalue weighted by molar-refractivity contribution is -0.137. The van der Waals surface area contributed by atoms with Crippen LogP contribution < -0.4 is 10.1 Å². The molecule has 0 fully saturated rings. The van der Waals surface area contributed by atoms with Gasteiger partial charge in [-0.25, -0.2) is 9.50 Å². The van der Waals surface area contributed by atoms with Gasteiger partial charge in [-0.15, -0.1) is 5.10 Å². The highest BCUT2D eigenvalue weighted by Gasteiger charge is 2.35. The molecule has 0 aliphatic carbocycles. The summed E-state index contributed by atoms with van der Waals surface area (Å²) < 4.78 is 53.0. The molecule has 33 heavy (non-hydrogen) atoms. The minimum Gasteiger partial charge on any atom is -0.474 e. The molecule has 178 valence electrons. The molecule has 0 aliphatic heterocycles. The molecule has 2 heterocycles. The molecule has 1 aromatic carbocycles. The first kappa shape index (κ1) is 24.5. The van der Waals surface area contributed by atoms with Crippen LogP contribution in [-0.2, 0) is 15.7 Å². The second-order valence-electron chi connectivity index (χ2n) is 8.83. The fourth-order valence-electron chi connectivity index (χ4n) is 2.87. The average molecular weight is 464 g/mol. The Morgan fingerprint density at radius 2 is 1.85 bits per heavy atom. The van der Waals surface area contributed by atoms with E-state index in [4.69, 9.17) is 9.47 Å². The maximum atomic E-state index is 13.5. The van der Waals surface area contributed by atoms with Gasteiger partial charge in [-0.05, 0) is 32.0 Å². The summed E-state index contributed by atoms with van der Waals surface area (Å²) in [6.45, 7) is 9.48. The molecule has 0 unspecified atom stereocenters. The quantitative estimate of drug-likeness (QED) is 0.486. The number of amides is 1. The fraction of sp³-hybridized carbons (Fsp3) is 0.435. The number of anilines is 1. The minimum atomic E-state index is -4.62. The van der Waals surface area contributed by atoms with Crippen LogP contribution in [0.5, 0.6) is 5.88 Å². The Kier molecular flexibility index (Phi) is 6.97. The lowest BCUT2D eigenvalue weighted by atomic mass is 9.95. The van der Waals surface area contributed by atoms with Gasteiger partial charge in [-0.1, -0.05) is 26.8 Å². The normalized spacial score (nSPS) is 12.4. The number of benzene rings is 1. The van der Waals surface area contributed by atoms with Gasteiger partial charge in [-0.3, -0.25) is 4.79 Å². The Balaban J connectivity index is 1.89. The molecular weight excluding hydrogens is 437 g/mol. The van der Waals surface area contributed by atoms with Crippen molar-refractivity contribution in [1.29, 1.82) is 0 Å². The number of hydrogen-bond acceptors (Lipinski definition) is 5. The van der Waals surface area contributed by atoms with Gasteiger partial charge in [-0.2, -0.15) is 13.2 Å². The van der Waals surface area contributed by atoms with E-state index in [0.717, 1.165) is 6.07 Å². The van der Waals surface area contributed by atoms with E-state index in [0.29, 0.717) is 36.0 Å². The summed E-state index contributed by atoms with van der Waals surface area (Å²) in [6, 6.07) is 6.88. The predicted octanol–water partition coefficient (Wildman–Crippen LogP) is 5.20. The SMILES string of the molecule is CC(C)OCCOc1ccc2nc(-c3ccc(C(F)(F)F)c(NC(=O)C(C)(C)C)c3)cn2n1. The van der Waals surface area contributed by atoms with Crippen molar-refractivity contribution < 1.29 is 27.4 Å². The van der Waals surface area contributed by atoms with Crippen LogP contribution in [0.2, 0.25) is 0 Å². The first-order valence-electron chi connectivity index (χ1n) is 10.5. The van der Waals surface area contributed by atoms with Crippen LogP contribution in [0, 0.1) is 5.41 Å². The second kappa shape index (κ2) is 9.38. The van der Waals surface area contributed by atoms with Gasteiger partial charge in [0.1, 0.15) is 6.61 Å². The largest absolute Gasteiger partial charge is 0.474 e. The van der Waals surface area contributed by atoms with Crippen molar-refractivity contribution in [3.63, 3.8) is 0 Å². The molecule has 3 aromatic rings. The van der Waals surface area contributed by atoms with E-state index in [9.17, 15) is 18.0 Å². The van der Waals surface area contributed by atoms with Crippen molar-refractivity contribution in [3.8, 4) is 17.1 Å². The molecule has 7 nitrogen and oxygen atoms in total. The number of aromatic nitrogens is 3. The number of rotatable bonds is 7. The molecular formula is C23H27F3N4O3. The summed E-state index contributed by atoms with van der Waals surface area (Å²) in [7, 11) is 0. The van der Waals surface area contributed by atoms with Crippen LogP contribution in [-0.4, -0.2) is 39.8 Å². The highest BCUT2D eigenvalue weighted by atomic mass is 19.4. The molecule has 0 spiro atoms. The molecule has 1 N–H and O–H groups in total. The van der Waals surface area contributed by atoms with Crippen molar-refractivity contribution in [1.82, 2.24) is 14.6 Å². The Hall–Kier alpha value is -3.14. The molecule has 0 saturated heterocycles. The maximum Gasteiger partial charge on any atom is 0.418 e. The van der Waals surface area contributed by atoms with E-state index in [-0.39, 0.29) is 11.8 Å². The van der Waals surface area contributed by atoms with E-state index in [1.807, 2.05) is 13.8 Å². The number of alkyl halides is 3. The molecule has 3 rings (SSSR count). The Morgan fingerprint density at radius 1 is 1.12 bits per heavy atom. The molecule has 1 amide bonds. The second-order valence-corrected chi connectivity index (χ2v) is 8.83. The average Bonchev–Trinajstić information content (AvgIpc) is 3.13. The van der Waals surface area contributed by atoms with Gasteiger partial charge in [0, 0.05) is 17.0 Å². The predicted molar refractivity (Wildman–Crippen MR) is 118 cm³/mol. The van der Waals surface area contributed by atoms with Crippen LogP contribution >= 0.6 is 0 Å². The zero-order chi connectivity index (χ0) is 24.4. The monoisotopic (exact) mass is 464 g/mol. The molecule has 10 heteroatoms. The van der Waals surface area contributed by atoms with Gasteiger partial charge in [0.05, 0.1) is 35.9 Å². The van der Waals surface area contributed by atoms with Gasteiger partial charge < -0.3 is 14.8 Å². The Bertz CT molecular complexity index is 1130. The summed E-state index contributed by atoms with van der Waals surface area (Å²) >= 11 is 0. The first-order valence-corrected chi connectivity index (χ1v) is 10.5. The van der Waals surface area contributed by atoms with Crippen molar-refractivity contribution >= 4 is 17.2 Å². The molecule has 0 bridgehead atoms. The summed E-state index contributed by atoms with van der Waals surface area (Å²) in [6.07, 6.45) is -2.93. The topological polar surface area (TPSA) is 77.8 Å². The van der Waals surface area contributed by atoms with Crippen LogP contribution in [0.1, 0.15) is 40.2 Å². The lowest BCUT2D eigenvalue weighted by Crippen LogP contribution is -2.28. The Morgan fingerprint density at radius 3 is 2.48 bits per heavy atom. The molecule has 0 saturated carbocycles. The molecule has 0 atom stereocenters. The number of carbonyl (C=O) groups is 1. The van der Waals surface area contributed by atoms with E-state index in [2.05, 4.69) is 15.4 Å². The van der Waals surface area contributed by atoms with Crippen molar-refractivity contribution in [2.75, 3.05) is 18.5 Å². The maximum absolute atomic E-state index is 13.5. The summed E-state index contributed by atoms with van der Waals surface area (Å²) in [5, 5.41) is 6.73. The summed E-state index contributed by atoms with van der Waals surface area (Å²) in [5.74, 6) is -0.158. The molecule has 0 aliphatic rings. The zero-order valence-corrected chi connectivity index (χ0v) is 19.2. The van der Waals surface area contributed by atoms with Crippen LogP contribution in [0.15, 0.2) is 36.5 Å². The van der Waals surface area contributed by atoms with Crippen molar-refractivity contribution in [3.05, 3.63) is 42.1 Å². The number of nitrogens with one attached hydrogen (secondary N) is 1. The van der Waals surface area contributed by atoms with Crippen LogP contribution in [0.3, 0.4) is 0 Å². The van der Waals surface area contributed by atoms with Crippen molar-refractivity contribution in [2.45, 2.75) is 46.9 Å². The van der Waals surface area contributed by atoms with Gasteiger partial charge >= 0.3 is 6.18 Å². The van der Waals surface area contributed by atoms with E-state index in [1.165, 1.54) is 16.6 Å². The number of hydrogen-bond donors (Lipinski definition) is 1. The molecule has 2 aromatic heterocycles. The van der Waals surface area contributed by atoms with Gasteiger partial charge in [0.2, 0.25) is 11.8 Å². The van der Waals surface area contributed by atoms with E-state index < -0.39 is 23.1 Å². The number of imidazole rings is 1. The lowest BCUT2D eigenvalue weighted by Gasteiger charge is -2.20. The highest BCUT2D eigenvalue weighted by Crippen LogP contribution is 2.37. The van der Waals surface area contributed by atoms with E-state index in [1.54, 1.807) is 39.1 Å². The number of fused-ring (bicyclic) bond motifs is 1. The van der Waals surface area contributed by atoms with Crippen LogP contribution in [0.4, 0.5) is 18.9 Å². The summed E-state index contributed by atoms with van der Waals surface area (Å²) in [5.41, 5.74) is -0.795. The summed E-state index contributed by atoms with van der Waals surface area (Å²) in [4.78, 5) is 16.8. The van der Waals surface area contributed by atoms with Gasteiger partial charge in [0.25, 0.3) is 0 Å². The number of ether oxygens (including phenoxy) is 2. The highest BCUT2D eigenvalue weighted by molar-refractivity contribution is 5.96. The Labute approximate surface area is 189 Å². The third-order valence-corrected chi connectivity index (χ3v) is 4.63. The smallest absolute Gasteiger partial charge is 0.418 e. The molecule has 0 radical (unpaired) electrons. The van der Waals surface area contributed by atoms with Crippen molar-refractivity contribution in [2.24, 2.45) is 5.41 Å². The van der Waals surface area contributed by atoms with Crippen LogP contribution in [0.25, 0.3) is 16.9 Å². The van der Waals surface area contributed by atoms with Gasteiger partial charge in [0.15, 0.2) is 5.65 Å². The first-order chi connectivity index (χ1) is 15.3. The standard InChI is InChI=1S/C23H27F3N4O3/c1-14(2)32-10-11-33-20-9-8-19-27-18(13-30(19)29-20)15-6-7-16(23(24,25)26)17(12-15)28-21(31)22(3,4)5/h6-9,12-14H,10-11H2,1-5H3,(H,28,31). The number of halogens is 3. The number of nitrogens with zero attached hydrogens (tertiary/aromatic N) is 3. The fourth-order valence-corrected chi connectivity index (χ4v) is 2.87. The minimum absolute atomic E-state index is 0.0991. The number of carbonyl (C=O) groups excluding carboxylic acids is 1. The van der Waals surface area contributed by atoms with E-state index >= 15 is 0 Å². The third kappa shape index (κ3) is 6.22. The third-order valence-electron chi connectivity index (χ3n) is 4.63. The zero-order valence-electron chi connectivity index (χ0n) is 19.2.